The molecule has 2 atom stereocenters. The minimum atomic E-state index is -3.38. The SMILES string of the molecule is CCc1ccc([C@@H](NC(=O)[C@@H](C)S(C)(=O)=O)C(C)C)cc1. The minimum Gasteiger partial charge on any atom is -0.348 e. The molecule has 0 aliphatic rings. The highest BCUT2D eigenvalue weighted by Gasteiger charge is 2.27. The van der Waals surface area contributed by atoms with Crippen LogP contribution in [0, 0.1) is 5.92 Å². The zero-order valence-electron chi connectivity index (χ0n) is 13.4. The molecule has 0 aromatic heterocycles. The van der Waals surface area contributed by atoms with Gasteiger partial charge < -0.3 is 5.32 Å². The number of carbonyl (C=O) groups excluding carboxylic acids is 1. The summed E-state index contributed by atoms with van der Waals surface area (Å²) in [5.41, 5.74) is 2.23. The molecule has 0 radical (unpaired) electrons. The molecule has 1 amide bonds. The predicted octanol–water partition coefficient (Wildman–Crippen LogP) is 2.50. The Labute approximate surface area is 127 Å². The number of sulfone groups is 1. The predicted molar refractivity (Wildman–Crippen MR) is 85.8 cm³/mol. The van der Waals surface area contributed by atoms with Crippen LogP contribution in [0.15, 0.2) is 24.3 Å². The molecule has 0 bridgehead atoms. The summed E-state index contributed by atoms with van der Waals surface area (Å²) in [7, 11) is -3.38. The second-order valence-corrected chi connectivity index (χ2v) is 8.16. The van der Waals surface area contributed by atoms with E-state index in [0.29, 0.717) is 0 Å². The van der Waals surface area contributed by atoms with Crippen LogP contribution in [0.1, 0.15) is 44.9 Å². The zero-order chi connectivity index (χ0) is 16.2. The van der Waals surface area contributed by atoms with E-state index in [9.17, 15) is 13.2 Å². The number of amides is 1. The molecule has 0 saturated carbocycles. The van der Waals surface area contributed by atoms with Crippen LogP contribution in [0.4, 0.5) is 0 Å². The number of hydrogen-bond donors (Lipinski definition) is 1. The molecule has 0 heterocycles. The smallest absolute Gasteiger partial charge is 0.238 e. The number of hydrogen-bond acceptors (Lipinski definition) is 3. The fourth-order valence-corrected chi connectivity index (χ4v) is 2.52. The summed E-state index contributed by atoms with van der Waals surface area (Å²) in [6, 6.07) is 7.88. The van der Waals surface area contributed by atoms with Gasteiger partial charge >= 0.3 is 0 Å². The van der Waals surface area contributed by atoms with Crippen molar-refractivity contribution in [1.29, 1.82) is 0 Å². The van der Waals surface area contributed by atoms with Crippen LogP contribution >= 0.6 is 0 Å². The van der Waals surface area contributed by atoms with Gasteiger partial charge in [0.25, 0.3) is 0 Å². The molecular formula is C16H25NO3S. The number of benzene rings is 1. The minimum absolute atomic E-state index is 0.174. The Morgan fingerprint density at radius 2 is 1.67 bits per heavy atom. The van der Waals surface area contributed by atoms with Gasteiger partial charge in [-0.15, -0.1) is 0 Å². The van der Waals surface area contributed by atoms with Crippen LogP contribution in [-0.2, 0) is 21.1 Å². The summed E-state index contributed by atoms with van der Waals surface area (Å²) in [5, 5.41) is 1.82. The average Bonchev–Trinajstić information content (AvgIpc) is 2.42. The van der Waals surface area contributed by atoms with E-state index in [2.05, 4.69) is 12.2 Å². The summed E-state index contributed by atoms with van der Waals surface area (Å²) >= 11 is 0. The van der Waals surface area contributed by atoms with E-state index >= 15 is 0 Å². The Morgan fingerprint density at radius 3 is 2.05 bits per heavy atom. The van der Waals surface area contributed by atoms with Crippen molar-refractivity contribution in [2.75, 3.05) is 6.26 Å². The topological polar surface area (TPSA) is 63.2 Å². The second kappa shape index (κ2) is 7.07. The van der Waals surface area contributed by atoms with Gasteiger partial charge in [0.1, 0.15) is 5.25 Å². The number of rotatable bonds is 6. The van der Waals surface area contributed by atoms with E-state index < -0.39 is 21.0 Å². The molecule has 0 saturated heterocycles. The molecular weight excluding hydrogens is 286 g/mol. The standard InChI is InChI=1S/C16H25NO3S/c1-6-13-7-9-14(10-8-13)15(11(2)3)17-16(18)12(4)21(5,19)20/h7-12,15H,6H2,1-5H3,(H,17,18)/t12-,15+/m1/s1. The molecule has 118 valence electrons. The fourth-order valence-electron chi connectivity index (χ4n) is 2.06. The van der Waals surface area contributed by atoms with Crippen molar-refractivity contribution < 1.29 is 13.2 Å². The first kappa shape index (κ1) is 17.7. The highest BCUT2D eigenvalue weighted by atomic mass is 32.2. The number of carbonyl (C=O) groups is 1. The maximum absolute atomic E-state index is 12.1. The Kier molecular flexibility index (Phi) is 5.96. The summed E-state index contributed by atoms with van der Waals surface area (Å²) in [4.78, 5) is 12.1. The Morgan fingerprint density at radius 1 is 1.14 bits per heavy atom. The van der Waals surface area contributed by atoms with Gasteiger partial charge in [0, 0.05) is 6.26 Å². The summed E-state index contributed by atoms with van der Waals surface area (Å²) < 4.78 is 23.0. The van der Waals surface area contributed by atoms with Crippen molar-refractivity contribution >= 4 is 15.7 Å². The number of nitrogens with one attached hydrogen (secondary N) is 1. The van der Waals surface area contributed by atoms with E-state index in [-0.39, 0.29) is 12.0 Å². The highest BCUT2D eigenvalue weighted by molar-refractivity contribution is 7.92. The molecule has 0 unspecified atom stereocenters. The van der Waals surface area contributed by atoms with E-state index in [1.165, 1.54) is 12.5 Å². The lowest BCUT2D eigenvalue weighted by Gasteiger charge is -2.24. The second-order valence-electron chi connectivity index (χ2n) is 5.80. The molecule has 1 aromatic rings. The first-order valence-electron chi connectivity index (χ1n) is 7.24. The lowest BCUT2D eigenvalue weighted by atomic mass is 9.94. The normalized spacial score (nSPS) is 14.8. The third-order valence-corrected chi connectivity index (χ3v) is 5.22. The van der Waals surface area contributed by atoms with Crippen LogP contribution in [-0.4, -0.2) is 25.8 Å². The van der Waals surface area contributed by atoms with Crippen molar-refractivity contribution in [3.63, 3.8) is 0 Å². The first-order valence-corrected chi connectivity index (χ1v) is 9.20. The summed E-state index contributed by atoms with van der Waals surface area (Å²) in [6.45, 7) is 7.51. The van der Waals surface area contributed by atoms with Gasteiger partial charge in [-0.25, -0.2) is 8.42 Å². The Hall–Kier alpha value is -1.36. The van der Waals surface area contributed by atoms with Crippen molar-refractivity contribution in [1.82, 2.24) is 5.32 Å². The van der Waals surface area contributed by atoms with Gasteiger partial charge in [-0.05, 0) is 30.4 Å². The maximum atomic E-state index is 12.1. The molecule has 0 fully saturated rings. The molecule has 0 aliphatic heterocycles. The van der Waals surface area contributed by atoms with E-state index in [4.69, 9.17) is 0 Å². The summed E-state index contributed by atoms with van der Waals surface area (Å²) in [5.74, 6) is -0.274. The Balaban J connectivity index is 2.95. The van der Waals surface area contributed by atoms with Gasteiger partial charge in [0.05, 0.1) is 6.04 Å². The van der Waals surface area contributed by atoms with Gasteiger partial charge in [0.15, 0.2) is 9.84 Å². The molecule has 1 aromatic carbocycles. The average molecular weight is 311 g/mol. The molecule has 0 aliphatic carbocycles. The van der Waals surface area contributed by atoms with Crippen molar-refractivity contribution in [2.24, 2.45) is 5.92 Å². The van der Waals surface area contributed by atoms with E-state index in [1.807, 2.05) is 38.1 Å². The molecule has 1 rings (SSSR count). The lowest BCUT2D eigenvalue weighted by molar-refractivity contribution is -0.121. The van der Waals surface area contributed by atoms with Crippen molar-refractivity contribution in [3.05, 3.63) is 35.4 Å². The Bertz CT molecular complexity index is 576. The van der Waals surface area contributed by atoms with Crippen LogP contribution in [0.3, 0.4) is 0 Å². The molecule has 0 spiro atoms. The first-order chi connectivity index (χ1) is 9.66. The molecule has 1 N–H and O–H groups in total. The van der Waals surface area contributed by atoms with E-state index in [0.717, 1.165) is 18.2 Å². The molecule has 5 heteroatoms. The highest BCUT2D eigenvalue weighted by Crippen LogP contribution is 2.22. The summed E-state index contributed by atoms with van der Waals surface area (Å²) in [6.07, 6.45) is 2.04. The lowest BCUT2D eigenvalue weighted by Crippen LogP contribution is -2.41. The molecule has 4 nitrogen and oxygen atoms in total. The third kappa shape index (κ3) is 4.84. The van der Waals surface area contributed by atoms with Crippen LogP contribution < -0.4 is 5.32 Å². The van der Waals surface area contributed by atoms with Gasteiger partial charge in [-0.3, -0.25) is 4.79 Å². The van der Waals surface area contributed by atoms with Crippen LogP contribution in [0.2, 0.25) is 0 Å². The van der Waals surface area contributed by atoms with Crippen LogP contribution in [0.5, 0.6) is 0 Å². The van der Waals surface area contributed by atoms with Gasteiger partial charge in [-0.1, -0.05) is 45.0 Å². The molecule has 21 heavy (non-hydrogen) atoms. The largest absolute Gasteiger partial charge is 0.348 e. The number of aryl methyl sites for hydroxylation is 1. The fraction of sp³-hybridized carbons (Fsp3) is 0.562. The van der Waals surface area contributed by atoms with Gasteiger partial charge in [0.2, 0.25) is 5.91 Å². The quantitative estimate of drug-likeness (QED) is 0.878. The van der Waals surface area contributed by atoms with Gasteiger partial charge in [-0.2, -0.15) is 0 Å². The maximum Gasteiger partial charge on any atom is 0.238 e. The third-order valence-electron chi connectivity index (χ3n) is 3.72. The van der Waals surface area contributed by atoms with Crippen molar-refractivity contribution in [3.8, 4) is 0 Å². The monoisotopic (exact) mass is 311 g/mol. The van der Waals surface area contributed by atoms with E-state index in [1.54, 1.807) is 0 Å². The van der Waals surface area contributed by atoms with Crippen molar-refractivity contribution in [2.45, 2.75) is 45.4 Å². The zero-order valence-corrected chi connectivity index (χ0v) is 14.2. The van der Waals surface area contributed by atoms with Crippen LogP contribution in [0.25, 0.3) is 0 Å².